The summed E-state index contributed by atoms with van der Waals surface area (Å²) in [7, 11) is 1.82. The van der Waals surface area contributed by atoms with Gasteiger partial charge in [0.1, 0.15) is 5.82 Å². The number of rotatable bonds is 2. The topological polar surface area (TPSA) is 22.0 Å². The van der Waals surface area contributed by atoms with Crippen molar-refractivity contribution in [1.82, 2.24) is 4.57 Å². The molecular formula is C19H16FNO. The zero-order valence-electron chi connectivity index (χ0n) is 12.3. The molecule has 0 unspecified atom stereocenters. The van der Waals surface area contributed by atoms with Gasteiger partial charge in [-0.15, -0.1) is 0 Å². The Morgan fingerprint density at radius 3 is 2.45 bits per heavy atom. The quantitative estimate of drug-likeness (QED) is 0.693. The van der Waals surface area contributed by atoms with E-state index in [1.807, 2.05) is 37.4 Å². The molecule has 0 spiro atoms. The molecule has 0 radical (unpaired) electrons. The van der Waals surface area contributed by atoms with Crippen LogP contribution in [0.5, 0.6) is 0 Å². The summed E-state index contributed by atoms with van der Waals surface area (Å²) in [5.41, 5.74) is 3.03. The molecule has 1 saturated carbocycles. The summed E-state index contributed by atoms with van der Waals surface area (Å²) in [5, 5.41) is 1.29. The summed E-state index contributed by atoms with van der Waals surface area (Å²) in [6, 6.07) is 14.4. The second-order valence-electron chi connectivity index (χ2n) is 5.95. The van der Waals surface area contributed by atoms with Gasteiger partial charge in [-0.3, -0.25) is 4.79 Å². The maximum absolute atomic E-state index is 13.8. The molecule has 1 heterocycles. The SMILES string of the molecule is Cn1c(C2CC2)c(-c2ccccc2)c2cc(F)ccc2c1=O. The smallest absolute Gasteiger partial charge is 0.258 e. The maximum atomic E-state index is 13.8. The number of benzene rings is 2. The van der Waals surface area contributed by atoms with Crippen molar-refractivity contribution in [3.05, 3.63) is 70.4 Å². The van der Waals surface area contributed by atoms with Crippen molar-refractivity contribution in [3.63, 3.8) is 0 Å². The Bertz CT molecular complexity index is 924. The van der Waals surface area contributed by atoms with Crippen LogP contribution in [0.15, 0.2) is 53.3 Å². The van der Waals surface area contributed by atoms with Gasteiger partial charge in [0, 0.05) is 23.7 Å². The molecule has 3 heteroatoms. The highest BCUT2D eigenvalue weighted by Crippen LogP contribution is 2.45. The van der Waals surface area contributed by atoms with Crippen molar-refractivity contribution in [2.24, 2.45) is 7.05 Å². The van der Waals surface area contributed by atoms with Crippen molar-refractivity contribution >= 4 is 10.8 Å². The highest BCUT2D eigenvalue weighted by molar-refractivity contribution is 5.97. The molecule has 4 rings (SSSR count). The van der Waals surface area contributed by atoms with Crippen LogP contribution in [0.25, 0.3) is 21.9 Å². The van der Waals surface area contributed by atoms with E-state index in [-0.39, 0.29) is 11.4 Å². The molecule has 1 aliphatic rings. The number of hydrogen-bond acceptors (Lipinski definition) is 1. The number of hydrogen-bond donors (Lipinski definition) is 0. The summed E-state index contributed by atoms with van der Waals surface area (Å²) in [5.74, 6) is 0.0975. The first-order valence-corrected chi connectivity index (χ1v) is 7.54. The highest BCUT2D eigenvalue weighted by Gasteiger charge is 2.30. The van der Waals surface area contributed by atoms with Gasteiger partial charge in [-0.05, 0) is 47.9 Å². The van der Waals surface area contributed by atoms with Crippen molar-refractivity contribution in [3.8, 4) is 11.1 Å². The molecule has 22 heavy (non-hydrogen) atoms. The third-order valence-corrected chi connectivity index (χ3v) is 4.43. The Balaban J connectivity index is 2.20. The minimum Gasteiger partial charge on any atom is -0.314 e. The molecule has 0 saturated heterocycles. The summed E-state index contributed by atoms with van der Waals surface area (Å²) in [6.07, 6.45) is 2.18. The lowest BCUT2D eigenvalue weighted by atomic mass is 9.95. The van der Waals surface area contributed by atoms with E-state index in [2.05, 4.69) is 0 Å². The molecule has 1 fully saturated rings. The first kappa shape index (κ1) is 13.3. The van der Waals surface area contributed by atoms with Crippen LogP contribution < -0.4 is 5.56 Å². The van der Waals surface area contributed by atoms with Gasteiger partial charge >= 0.3 is 0 Å². The van der Waals surface area contributed by atoms with Gasteiger partial charge < -0.3 is 4.57 Å². The Morgan fingerprint density at radius 1 is 1.05 bits per heavy atom. The van der Waals surface area contributed by atoms with E-state index in [1.54, 1.807) is 10.6 Å². The summed E-state index contributed by atoms with van der Waals surface area (Å²) in [4.78, 5) is 12.6. The van der Waals surface area contributed by atoms with Gasteiger partial charge in [-0.2, -0.15) is 0 Å². The Morgan fingerprint density at radius 2 is 1.77 bits per heavy atom. The van der Waals surface area contributed by atoms with Crippen molar-refractivity contribution in [2.45, 2.75) is 18.8 Å². The van der Waals surface area contributed by atoms with Gasteiger partial charge in [0.25, 0.3) is 5.56 Å². The van der Waals surface area contributed by atoms with E-state index in [0.717, 1.165) is 35.0 Å². The van der Waals surface area contributed by atoms with Crippen LogP contribution in [0, 0.1) is 5.82 Å². The average molecular weight is 293 g/mol. The van der Waals surface area contributed by atoms with Crippen LogP contribution >= 0.6 is 0 Å². The summed E-state index contributed by atoms with van der Waals surface area (Å²) >= 11 is 0. The standard InChI is InChI=1S/C19H16FNO/c1-21-18(13-7-8-13)17(12-5-3-2-4-6-12)16-11-14(20)9-10-15(16)19(21)22/h2-6,9-11,13H,7-8H2,1H3. The van der Waals surface area contributed by atoms with Gasteiger partial charge in [0.05, 0.1) is 0 Å². The van der Waals surface area contributed by atoms with Crippen molar-refractivity contribution in [1.29, 1.82) is 0 Å². The largest absolute Gasteiger partial charge is 0.314 e. The summed E-state index contributed by atoms with van der Waals surface area (Å²) in [6.45, 7) is 0. The number of nitrogens with zero attached hydrogens (tertiary/aromatic N) is 1. The van der Waals surface area contributed by atoms with Crippen LogP contribution in [0.2, 0.25) is 0 Å². The highest BCUT2D eigenvalue weighted by atomic mass is 19.1. The molecule has 3 aromatic rings. The predicted octanol–water partition coefficient (Wildman–Crippen LogP) is 4.22. The lowest BCUT2D eigenvalue weighted by Crippen LogP contribution is -2.21. The Hall–Kier alpha value is -2.42. The van der Waals surface area contributed by atoms with E-state index in [1.165, 1.54) is 12.1 Å². The molecule has 1 aromatic heterocycles. The van der Waals surface area contributed by atoms with Crippen LogP contribution in [-0.2, 0) is 7.05 Å². The molecule has 2 nitrogen and oxygen atoms in total. The van der Waals surface area contributed by atoms with Crippen molar-refractivity contribution < 1.29 is 4.39 Å². The van der Waals surface area contributed by atoms with Crippen LogP contribution in [0.1, 0.15) is 24.5 Å². The Kier molecular flexibility index (Phi) is 2.89. The van der Waals surface area contributed by atoms with Gasteiger partial charge in [0.2, 0.25) is 0 Å². The second-order valence-corrected chi connectivity index (χ2v) is 5.95. The van der Waals surface area contributed by atoms with E-state index < -0.39 is 0 Å². The molecule has 0 amide bonds. The molecule has 0 N–H and O–H groups in total. The minimum absolute atomic E-state index is 0.0448. The third-order valence-electron chi connectivity index (χ3n) is 4.43. The molecule has 2 aromatic carbocycles. The van der Waals surface area contributed by atoms with E-state index in [4.69, 9.17) is 0 Å². The zero-order chi connectivity index (χ0) is 15.3. The number of halogens is 1. The van der Waals surface area contributed by atoms with Crippen LogP contribution in [-0.4, -0.2) is 4.57 Å². The summed E-state index contributed by atoms with van der Waals surface area (Å²) < 4.78 is 15.6. The minimum atomic E-state index is -0.306. The van der Waals surface area contributed by atoms with Gasteiger partial charge in [-0.25, -0.2) is 4.39 Å². The zero-order valence-corrected chi connectivity index (χ0v) is 12.3. The monoisotopic (exact) mass is 293 g/mol. The van der Waals surface area contributed by atoms with E-state index >= 15 is 0 Å². The molecule has 0 atom stereocenters. The first-order chi connectivity index (χ1) is 10.7. The maximum Gasteiger partial charge on any atom is 0.258 e. The van der Waals surface area contributed by atoms with Crippen LogP contribution in [0.3, 0.4) is 0 Å². The fraction of sp³-hybridized carbons (Fsp3) is 0.211. The van der Waals surface area contributed by atoms with Gasteiger partial charge in [0.15, 0.2) is 0 Å². The van der Waals surface area contributed by atoms with E-state index in [9.17, 15) is 9.18 Å². The molecule has 1 aliphatic carbocycles. The number of fused-ring (bicyclic) bond motifs is 1. The lowest BCUT2D eigenvalue weighted by molar-refractivity contribution is 0.629. The van der Waals surface area contributed by atoms with Crippen molar-refractivity contribution in [2.75, 3.05) is 0 Å². The second kappa shape index (κ2) is 4.80. The van der Waals surface area contributed by atoms with Gasteiger partial charge in [-0.1, -0.05) is 30.3 Å². The number of pyridine rings is 1. The molecule has 0 bridgehead atoms. The molecule has 0 aliphatic heterocycles. The predicted molar refractivity (Wildman–Crippen MR) is 86.6 cm³/mol. The van der Waals surface area contributed by atoms with E-state index in [0.29, 0.717) is 11.3 Å². The normalized spacial score (nSPS) is 14.5. The fourth-order valence-electron chi connectivity index (χ4n) is 3.25. The first-order valence-electron chi connectivity index (χ1n) is 7.54. The molecule has 110 valence electrons. The third kappa shape index (κ3) is 1.97. The molecular weight excluding hydrogens is 277 g/mol. The Labute approximate surface area is 127 Å². The van der Waals surface area contributed by atoms with Crippen LogP contribution in [0.4, 0.5) is 4.39 Å². The number of aromatic nitrogens is 1. The fourth-order valence-corrected chi connectivity index (χ4v) is 3.25. The lowest BCUT2D eigenvalue weighted by Gasteiger charge is -2.17. The average Bonchev–Trinajstić information content (AvgIpc) is 3.36.